The molecule has 10 nitrogen and oxygen atoms in total. The number of methoxy groups -OCH3 is 1. The smallest absolute Gasteiger partial charge is 0.421 e. The van der Waals surface area contributed by atoms with E-state index in [1.165, 1.54) is 19.2 Å². The lowest BCUT2D eigenvalue weighted by atomic mass is 10.1. The highest BCUT2D eigenvalue weighted by Gasteiger charge is 2.35. The van der Waals surface area contributed by atoms with Crippen LogP contribution in [0.5, 0.6) is 11.5 Å². The van der Waals surface area contributed by atoms with Crippen LogP contribution < -0.4 is 25.4 Å². The zero-order valence-corrected chi connectivity index (χ0v) is 22.5. The van der Waals surface area contributed by atoms with Crippen molar-refractivity contribution in [1.82, 2.24) is 14.9 Å². The average Bonchev–Trinajstić information content (AvgIpc) is 2.93. The van der Waals surface area contributed by atoms with E-state index >= 15 is 0 Å². The summed E-state index contributed by atoms with van der Waals surface area (Å²) in [4.78, 5) is 21.5. The van der Waals surface area contributed by atoms with Crippen molar-refractivity contribution in [3.05, 3.63) is 66.9 Å². The number of nitrogens with one attached hydrogen (secondary N) is 3. The third-order valence-electron chi connectivity index (χ3n) is 6.40. The largest absolute Gasteiger partial charge is 0.494 e. The second-order valence-corrected chi connectivity index (χ2v) is 9.32. The van der Waals surface area contributed by atoms with Gasteiger partial charge in [0, 0.05) is 36.7 Å². The quantitative estimate of drug-likeness (QED) is 0.240. The molecule has 1 aromatic heterocycles. The fourth-order valence-corrected chi connectivity index (χ4v) is 4.28. The number of likely N-dealkylation sites (tertiary alicyclic amines) is 1. The van der Waals surface area contributed by atoms with Crippen LogP contribution in [0.4, 0.5) is 42.0 Å². The maximum absolute atomic E-state index is 13.8. The molecular formula is C28H31F3N6O4. The van der Waals surface area contributed by atoms with Gasteiger partial charge in [0.2, 0.25) is 11.9 Å². The number of ether oxygens (including phenoxy) is 2. The first-order valence-corrected chi connectivity index (χ1v) is 12.8. The Bertz CT molecular complexity index is 1380. The molecule has 1 amide bonds. The molecule has 3 aromatic rings. The van der Waals surface area contributed by atoms with Crippen LogP contribution in [0, 0.1) is 0 Å². The summed E-state index contributed by atoms with van der Waals surface area (Å²) in [5, 5.41) is 17.9. The molecule has 1 atom stereocenters. The molecule has 218 valence electrons. The summed E-state index contributed by atoms with van der Waals surface area (Å²) in [6, 6.07) is 11.2. The molecule has 4 N–H and O–H groups in total. The van der Waals surface area contributed by atoms with E-state index in [1.807, 2.05) is 4.90 Å². The normalized spacial score (nSPS) is 15.1. The molecule has 1 fully saturated rings. The number of carbonyl (C=O) groups excluding carboxylic acids is 1. The Morgan fingerprint density at radius 1 is 1.17 bits per heavy atom. The summed E-state index contributed by atoms with van der Waals surface area (Å²) in [7, 11) is 1.46. The Labute approximate surface area is 235 Å². The van der Waals surface area contributed by atoms with Crippen molar-refractivity contribution in [2.24, 2.45) is 0 Å². The number of halogens is 3. The summed E-state index contributed by atoms with van der Waals surface area (Å²) >= 11 is 0. The van der Waals surface area contributed by atoms with Gasteiger partial charge in [-0.1, -0.05) is 12.6 Å². The highest BCUT2D eigenvalue weighted by Crippen LogP contribution is 2.37. The van der Waals surface area contributed by atoms with Crippen LogP contribution in [0.3, 0.4) is 0 Å². The van der Waals surface area contributed by atoms with E-state index in [0.717, 1.165) is 18.9 Å². The lowest BCUT2D eigenvalue weighted by Gasteiger charge is -2.33. The highest BCUT2D eigenvalue weighted by molar-refractivity contribution is 5.99. The van der Waals surface area contributed by atoms with Crippen LogP contribution in [-0.2, 0) is 11.0 Å². The lowest BCUT2D eigenvalue weighted by molar-refractivity contribution is -0.137. The summed E-state index contributed by atoms with van der Waals surface area (Å²) < 4.78 is 52.9. The van der Waals surface area contributed by atoms with Crippen LogP contribution >= 0.6 is 0 Å². The first kappa shape index (κ1) is 29.6. The van der Waals surface area contributed by atoms with E-state index in [-0.39, 0.29) is 17.7 Å². The van der Waals surface area contributed by atoms with Crippen molar-refractivity contribution in [3.63, 3.8) is 0 Å². The van der Waals surface area contributed by atoms with Crippen molar-refractivity contribution in [3.8, 4) is 11.5 Å². The molecule has 0 spiro atoms. The fourth-order valence-electron chi connectivity index (χ4n) is 4.28. The number of alkyl halides is 3. The van der Waals surface area contributed by atoms with E-state index in [0.29, 0.717) is 42.2 Å². The van der Waals surface area contributed by atoms with Gasteiger partial charge in [0.05, 0.1) is 12.8 Å². The molecular weight excluding hydrogens is 541 g/mol. The van der Waals surface area contributed by atoms with Crippen LogP contribution in [0.2, 0.25) is 0 Å². The van der Waals surface area contributed by atoms with Crippen molar-refractivity contribution < 1.29 is 32.5 Å². The molecule has 0 bridgehead atoms. The van der Waals surface area contributed by atoms with Gasteiger partial charge in [0.15, 0.2) is 0 Å². The topological polar surface area (TPSA) is 121 Å². The molecule has 13 heteroatoms. The van der Waals surface area contributed by atoms with E-state index in [9.17, 15) is 23.1 Å². The van der Waals surface area contributed by atoms with Gasteiger partial charge < -0.3 is 30.5 Å². The molecule has 1 saturated heterocycles. The van der Waals surface area contributed by atoms with Crippen molar-refractivity contribution in [2.75, 3.05) is 36.1 Å². The molecule has 2 aromatic carbocycles. The van der Waals surface area contributed by atoms with Crippen molar-refractivity contribution in [2.45, 2.75) is 38.3 Å². The molecule has 2 heterocycles. The van der Waals surface area contributed by atoms with Crippen LogP contribution in [0.1, 0.15) is 25.3 Å². The number of carbonyl (C=O) groups is 1. The number of amides is 1. The molecule has 1 aliphatic rings. The summed E-state index contributed by atoms with van der Waals surface area (Å²) in [6.07, 6.45) is -1.97. The number of aliphatic hydroxyl groups is 1. The summed E-state index contributed by atoms with van der Waals surface area (Å²) in [5.41, 5.74) is -0.0219. The molecule has 1 unspecified atom stereocenters. The maximum Gasteiger partial charge on any atom is 0.421 e. The lowest BCUT2D eigenvalue weighted by Crippen LogP contribution is -2.42. The van der Waals surface area contributed by atoms with Gasteiger partial charge in [-0.25, -0.2) is 4.98 Å². The van der Waals surface area contributed by atoms with Crippen molar-refractivity contribution in [1.29, 1.82) is 0 Å². The number of anilines is 5. The summed E-state index contributed by atoms with van der Waals surface area (Å²) in [6.45, 7) is 6.55. The second kappa shape index (κ2) is 12.9. The zero-order valence-electron chi connectivity index (χ0n) is 22.5. The number of rotatable bonds is 10. The van der Waals surface area contributed by atoms with Gasteiger partial charge in [-0.05, 0) is 56.2 Å². The summed E-state index contributed by atoms with van der Waals surface area (Å²) in [5.74, 6) is -0.0907. The van der Waals surface area contributed by atoms with Gasteiger partial charge in [0.1, 0.15) is 35.2 Å². The van der Waals surface area contributed by atoms with Gasteiger partial charge in [-0.15, -0.1) is 0 Å². The molecule has 0 radical (unpaired) electrons. The molecule has 41 heavy (non-hydrogen) atoms. The Balaban J connectivity index is 1.52. The van der Waals surface area contributed by atoms with Crippen LogP contribution in [0.25, 0.3) is 0 Å². The molecule has 4 rings (SSSR count). The first-order chi connectivity index (χ1) is 19.5. The third kappa shape index (κ3) is 7.86. The minimum Gasteiger partial charge on any atom is -0.494 e. The average molecular weight is 573 g/mol. The third-order valence-corrected chi connectivity index (χ3v) is 6.40. The van der Waals surface area contributed by atoms with E-state index in [2.05, 4.69) is 32.5 Å². The van der Waals surface area contributed by atoms with E-state index < -0.39 is 29.7 Å². The number of hydrogen-bond donors (Lipinski definition) is 4. The number of piperidine rings is 1. The Kier molecular flexibility index (Phi) is 9.30. The standard InChI is InChI=1S/C28H31F3N6O4/c1-4-25(39)33-18-6-5-7-19(14-18)34-26-22(28(29,30)31)16-32-27(36-26)35-23-9-8-21(15-24(23)40-3)41-20-10-12-37(13-11-20)17(2)38/h4-9,14-17,20,38H,1,10-13H2,2-3H3,(H,33,39)(H2,32,34,35,36). The van der Waals surface area contributed by atoms with Crippen molar-refractivity contribution >= 4 is 34.7 Å². The fraction of sp³-hybridized carbons (Fsp3) is 0.321. The molecule has 1 aliphatic heterocycles. The molecule has 0 aliphatic carbocycles. The number of aliphatic hydroxyl groups excluding tert-OH is 1. The van der Waals surface area contributed by atoms with Gasteiger partial charge in [-0.2, -0.15) is 18.2 Å². The Morgan fingerprint density at radius 2 is 1.90 bits per heavy atom. The van der Waals surface area contributed by atoms with Crippen LogP contribution in [-0.4, -0.2) is 58.4 Å². The van der Waals surface area contributed by atoms with E-state index in [4.69, 9.17) is 9.47 Å². The first-order valence-electron chi connectivity index (χ1n) is 12.8. The van der Waals surface area contributed by atoms with Gasteiger partial charge in [-0.3, -0.25) is 9.69 Å². The minimum absolute atomic E-state index is 0.0241. The number of benzene rings is 2. The number of aromatic nitrogens is 2. The maximum atomic E-state index is 13.8. The predicted molar refractivity (Wildman–Crippen MR) is 149 cm³/mol. The molecule has 0 saturated carbocycles. The monoisotopic (exact) mass is 572 g/mol. The van der Waals surface area contributed by atoms with Crippen LogP contribution in [0.15, 0.2) is 61.3 Å². The number of hydrogen-bond acceptors (Lipinski definition) is 9. The SMILES string of the molecule is C=CC(=O)Nc1cccc(Nc2nc(Nc3ccc(OC4CCN(C(C)O)CC4)cc3OC)ncc2C(F)(F)F)c1. The van der Waals surface area contributed by atoms with Gasteiger partial charge in [0.25, 0.3) is 0 Å². The van der Waals surface area contributed by atoms with Gasteiger partial charge >= 0.3 is 6.18 Å². The zero-order chi connectivity index (χ0) is 29.6. The highest BCUT2D eigenvalue weighted by atomic mass is 19.4. The predicted octanol–water partition coefficient (Wildman–Crippen LogP) is 5.30. The minimum atomic E-state index is -4.72. The van der Waals surface area contributed by atoms with E-state index in [1.54, 1.807) is 37.3 Å². The second-order valence-electron chi connectivity index (χ2n) is 9.32. The Morgan fingerprint density at radius 3 is 2.56 bits per heavy atom. The number of nitrogens with zero attached hydrogens (tertiary/aromatic N) is 3. The Hall–Kier alpha value is -4.36.